The molecule has 0 radical (unpaired) electrons. The SMILES string of the molecule is C#CCCC1CC=CC1. The third-order valence-corrected chi connectivity index (χ3v) is 1.80. The van der Waals surface area contributed by atoms with Gasteiger partial charge in [-0.1, -0.05) is 12.2 Å². The molecule has 9 heavy (non-hydrogen) atoms. The Kier molecular flexibility index (Phi) is 2.39. The highest BCUT2D eigenvalue weighted by Gasteiger charge is 2.07. The number of hydrogen-bond acceptors (Lipinski definition) is 0. The van der Waals surface area contributed by atoms with Crippen LogP contribution in [0.15, 0.2) is 12.2 Å². The van der Waals surface area contributed by atoms with E-state index >= 15 is 0 Å². The average Bonchev–Trinajstić information content (AvgIpc) is 2.34. The van der Waals surface area contributed by atoms with Crippen molar-refractivity contribution in [2.24, 2.45) is 5.92 Å². The third-order valence-electron chi connectivity index (χ3n) is 1.80. The van der Waals surface area contributed by atoms with E-state index in [1.54, 1.807) is 0 Å². The van der Waals surface area contributed by atoms with Crippen LogP contribution in [0.25, 0.3) is 0 Å². The molecular weight excluding hydrogens is 108 g/mol. The summed E-state index contributed by atoms with van der Waals surface area (Å²) in [7, 11) is 0. The summed E-state index contributed by atoms with van der Waals surface area (Å²) in [5, 5.41) is 0. The third kappa shape index (κ3) is 1.93. The maximum atomic E-state index is 5.14. The Balaban J connectivity index is 2.09. The van der Waals surface area contributed by atoms with E-state index in [9.17, 15) is 0 Å². The van der Waals surface area contributed by atoms with Crippen molar-refractivity contribution in [2.75, 3.05) is 0 Å². The van der Waals surface area contributed by atoms with E-state index in [1.807, 2.05) is 0 Å². The lowest BCUT2D eigenvalue weighted by atomic mass is 10.0. The van der Waals surface area contributed by atoms with Crippen LogP contribution in [0, 0.1) is 18.3 Å². The molecule has 48 valence electrons. The zero-order chi connectivity index (χ0) is 6.53. The predicted octanol–water partition coefficient (Wildman–Crippen LogP) is 2.37. The fourth-order valence-electron chi connectivity index (χ4n) is 1.20. The van der Waals surface area contributed by atoms with Gasteiger partial charge >= 0.3 is 0 Å². The molecule has 0 nitrogen and oxygen atoms in total. The van der Waals surface area contributed by atoms with Gasteiger partial charge in [0.15, 0.2) is 0 Å². The Morgan fingerprint density at radius 1 is 1.44 bits per heavy atom. The van der Waals surface area contributed by atoms with Gasteiger partial charge in [0.2, 0.25) is 0 Å². The normalized spacial score (nSPS) is 18.1. The molecule has 0 saturated heterocycles. The van der Waals surface area contributed by atoms with Crippen LogP contribution in [0.3, 0.4) is 0 Å². The largest absolute Gasteiger partial charge is 0.120 e. The minimum atomic E-state index is 0.862. The van der Waals surface area contributed by atoms with E-state index in [1.165, 1.54) is 19.3 Å². The van der Waals surface area contributed by atoms with Crippen LogP contribution in [-0.2, 0) is 0 Å². The molecule has 0 fully saturated rings. The molecule has 0 aliphatic heterocycles. The molecule has 0 atom stereocenters. The molecular formula is C9H12. The van der Waals surface area contributed by atoms with Gasteiger partial charge in [-0.3, -0.25) is 0 Å². The van der Waals surface area contributed by atoms with E-state index in [2.05, 4.69) is 18.1 Å². The number of rotatable bonds is 2. The van der Waals surface area contributed by atoms with E-state index in [-0.39, 0.29) is 0 Å². The van der Waals surface area contributed by atoms with Crippen molar-refractivity contribution < 1.29 is 0 Å². The van der Waals surface area contributed by atoms with Gasteiger partial charge in [0.05, 0.1) is 0 Å². The van der Waals surface area contributed by atoms with Crippen LogP contribution in [0.2, 0.25) is 0 Å². The second kappa shape index (κ2) is 3.35. The quantitative estimate of drug-likeness (QED) is 0.387. The van der Waals surface area contributed by atoms with E-state index in [4.69, 9.17) is 6.42 Å². The average molecular weight is 120 g/mol. The van der Waals surface area contributed by atoms with Crippen molar-refractivity contribution in [3.05, 3.63) is 12.2 Å². The summed E-state index contributed by atoms with van der Waals surface area (Å²) in [6, 6.07) is 0. The van der Waals surface area contributed by atoms with Gasteiger partial charge in [-0.25, -0.2) is 0 Å². The molecule has 0 N–H and O–H groups in total. The molecule has 0 bridgehead atoms. The van der Waals surface area contributed by atoms with Gasteiger partial charge in [-0.05, 0) is 25.2 Å². The van der Waals surface area contributed by atoms with Crippen molar-refractivity contribution >= 4 is 0 Å². The lowest BCUT2D eigenvalue weighted by molar-refractivity contribution is 0.531. The first-order valence-electron chi connectivity index (χ1n) is 3.52. The standard InChI is InChI=1S/C9H12/c1-2-3-6-9-7-4-5-8-9/h1,4-5,9H,3,6-8H2. The second-order valence-electron chi connectivity index (χ2n) is 2.55. The summed E-state index contributed by atoms with van der Waals surface area (Å²) in [5.74, 6) is 3.53. The first-order chi connectivity index (χ1) is 4.43. The molecule has 0 aromatic heterocycles. The molecule has 0 unspecified atom stereocenters. The summed E-state index contributed by atoms with van der Waals surface area (Å²) in [6.07, 6.45) is 14.3. The summed E-state index contributed by atoms with van der Waals surface area (Å²) >= 11 is 0. The Labute approximate surface area is 57.0 Å². The van der Waals surface area contributed by atoms with Crippen molar-refractivity contribution in [3.63, 3.8) is 0 Å². The van der Waals surface area contributed by atoms with Gasteiger partial charge in [0.25, 0.3) is 0 Å². The Morgan fingerprint density at radius 3 is 2.67 bits per heavy atom. The van der Waals surface area contributed by atoms with Gasteiger partial charge in [0.1, 0.15) is 0 Å². The zero-order valence-electron chi connectivity index (χ0n) is 5.64. The topological polar surface area (TPSA) is 0 Å². The van der Waals surface area contributed by atoms with Gasteiger partial charge in [-0.15, -0.1) is 12.3 Å². The molecule has 0 saturated carbocycles. The van der Waals surface area contributed by atoms with Crippen LogP contribution >= 0.6 is 0 Å². The minimum absolute atomic E-state index is 0.862. The highest BCUT2D eigenvalue weighted by Crippen LogP contribution is 2.21. The maximum absolute atomic E-state index is 5.14. The van der Waals surface area contributed by atoms with Crippen LogP contribution in [0.4, 0.5) is 0 Å². The monoisotopic (exact) mass is 120 g/mol. The Morgan fingerprint density at radius 2 is 2.11 bits per heavy atom. The maximum Gasteiger partial charge on any atom is 0.00889 e. The summed E-state index contributed by atoms with van der Waals surface area (Å²) in [5.41, 5.74) is 0. The molecule has 1 aliphatic carbocycles. The lowest BCUT2D eigenvalue weighted by Gasteiger charge is -2.03. The molecule has 1 rings (SSSR count). The Bertz CT molecular complexity index is 129. The highest BCUT2D eigenvalue weighted by atomic mass is 14.1. The van der Waals surface area contributed by atoms with Crippen LogP contribution < -0.4 is 0 Å². The van der Waals surface area contributed by atoms with Crippen molar-refractivity contribution in [3.8, 4) is 12.3 Å². The van der Waals surface area contributed by atoms with Crippen LogP contribution in [-0.4, -0.2) is 0 Å². The number of hydrogen-bond donors (Lipinski definition) is 0. The summed E-state index contributed by atoms with van der Waals surface area (Å²) in [6.45, 7) is 0. The van der Waals surface area contributed by atoms with Crippen molar-refractivity contribution in [1.29, 1.82) is 0 Å². The molecule has 0 amide bonds. The second-order valence-corrected chi connectivity index (χ2v) is 2.55. The molecule has 0 aromatic rings. The van der Waals surface area contributed by atoms with Crippen LogP contribution in [0.1, 0.15) is 25.7 Å². The molecule has 0 spiro atoms. The fourth-order valence-corrected chi connectivity index (χ4v) is 1.20. The minimum Gasteiger partial charge on any atom is -0.120 e. The van der Waals surface area contributed by atoms with Gasteiger partial charge < -0.3 is 0 Å². The smallest absolute Gasteiger partial charge is 0.00889 e. The zero-order valence-corrected chi connectivity index (χ0v) is 5.64. The van der Waals surface area contributed by atoms with Gasteiger partial charge in [0, 0.05) is 6.42 Å². The summed E-state index contributed by atoms with van der Waals surface area (Å²) < 4.78 is 0. The first kappa shape index (κ1) is 6.42. The summed E-state index contributed by atoms with van der Waals surface area (Å²) in [4.78, 5) is 0. The lowest BCUT2D eigenvalue weighted by Crippen LogP contribution is -1.91. The number of terminal acetylenes is 1. The molecule has 1 aliphatic rings. The predicted molar refractivity (Wildman–Crippen MR) is 39.9 cm³/mol. The van der Waals surface area contributed by atoms with Crippen molar-refractivity contribution in [1.82, 2.24) is 0 Å². The molecule has 0 aromatic carbocycles. The fraction of sp³-hybridized carbons (Fsp3) is 0.556. The first-order valence-corrected chi connectivity index (χ1v) is 3.52. The van der Waals surface area contributed by atoms with Crippen molar-refractivity contribution in [2.45, 2.75) is 25.7 Å². The number of allylic oxidation sites excluding steroid dienone is 2. The highest BCUT2D eigenvalue weighted by molar-refractivity contribution is 4.95. The van der Waals surface area contributed by atoms with Gasteiger partial charge in [-0.2, -0.15) is 0 Å². The molecule has 0 heteroatoms. The van der Waals surface area contributed by atoms with E-state index in [0.717, 1.165) is 12.3 Å². The van der Waals surface area contributed by atoms with E-state index < -0.39 is 0 Å². The Hall–Kier alpha value is -0.700. The van der Waals surface area contributed by atoms with Crippen LogP contribution in [0.5, 0.6) is 0 Å². The molecule has 0 heterocycles. The van der Waals surface area contributed by atoms with E-state index in [0.29, 0.717) is 0 Å².